The molecule has 2 aromatic rings. The van der Waals surface area contributed by atoms with E-state index >= 15 is 0 Å². The molecule has 0 unspecified atom stereocenters. The summed E-state index contributed by atoms with van der Waals surface area (Å²) in [5, 5.41) is 5.51. The third kappa shape index (κ3) is 6.02. The topological polar surface area (TPSA) is 115 Å². The molecule has 1 aliphatic heterocycles. The van der Waals surface area contributed by atoms with Crippen molar-refractivity contribution in [1.29, 1.82) is 0 Å². The average Bonchev–Trinajstić information content (AvgIpc) is 3.06. The number of carbonyl (C=O) groups is 1. The summed E-state index contributed by atoms with van der Waals surface area (Å²) in [7, 11) is 0. The molecular formula is C25H36ClN7OS. The Bertz CT molecular complexity index is 1140. The number of hydrogen-bond acceptors (Lipinski definition) is 6. The van der Waals surface area contributed by atoms with Crippen LogP contribution in [0.15, 0.2) is 29.1 Å². The maximum Gasteiger partial charge on any atom is 0.270 e. The summed E-state index contributed by atoms with van der Waals surface area (Å²) in [5.74, 6) is 0.851. The van der Waals surface area contributed by atoms with Gasteiger partial charge in [0.2, 0.25) is 0 Å². The van der Waals surface area contributed by atoms with Gasteiger partial charge in [0, 0.05) is 35.4 Å². The lowest BCUT2D eigenvalue weighted by Gasteiger charge is -2.37. The maximum atomic E-state index is 13.1. The standard InChI is InChI=1S/C25H36ClN7OS/c1-8-35-32-12-16(13-32)31-24(34)22-15(4)30-21(33(22)14(2)3)11-29-23(28)17-9-18(25(5,6)7)19(26)10-20(17)27/h8-10,14,16H,1,11-13,27H2,2-7H3,(H2,28,29)(H,31,34). The molecule has 1 amide bonds. The zero-order valence-electron chi connectivity index (χ0n) is 21.4. The molecule has 10 heteroatoms. The zero-order valence-corrected chi connectivity index (χ0v) is 22.9. The molecule has 35 heavy (non-hydrogen) atoms. The lowest BCUT2D eigenvalue weighted by molar-refractivity contribution is 0.0889. The van der Waals surface area contributed by atoms with Crippen molar-refractivity contribution in [1.82, 2.24) is 19.2 Å². The fraction of sp³-hybridized carbons (Fsp3) is 0.480. The molecule has 1 aliphatic rings. The number of rotatable bonds is 8. The number of imidazole rings is 1. The monoisotopic (exact) mass is 517 g/mol. The second kappa shape index (κ2) is 10.6. The molecule has 0 bridgehead atoms. The molecule has 1 aromatic heterocycles. The second-order valence-corrected chi connectivity index (χ2v) is 11.6. The summed E-state index contributed by atoms with van der Waals surface area (Å²) in [6, 6.07) is 3.75. The van der Waals surface area contributed by atoms with Crippen molar-refractivity contribution in [2.75, 3.05) is 18.8 Å². The smallest absolute Gasteiger partial charge is 0.270 e. The van der Waals surface area contributed by atoms with Crippen LogP contribution < -0.4 is 16.8 Å². The molecule has 2 heterocycles. The number of aromatic nitrogens is 2. The third-order valence-electron chi connectivity index (χ3n) is 5.91. The first-order chi connectivity index (χ1) is 16.3. The molecule has 1 saturated heterocycles. The highest BCUT2D eigenvalue weighted by atomic mass is 35.5. The number of benzene rings is 1. The highest BCUT2D eigenvalue weighted by Gasteiger charge is 2.30. The Morgan fingerprint density at radius 2 is 2.06 bits per heavy atom. The van der Waals surface area contributed by atoms with Crippen LogP contribution in [0.25, 0.3) is 0 Å². The van der Waals surface area contributed by atoms with Crippen molar-refractivity contribution in [2.45, 2.75) is 65.6 Å². The molecule has 5 N–H and O–H groups in total. The predicted octanol–water partition coefficient (Wildman–Crippen LogP) is 4.42. The summed E-state index contributed by atoms with van der Waals surface area (Å²) in [4.78, 5) is 22.4. The highest BCUT2D eigenvalue weighted by molar-refractivity contribution is 7.99. The fourth-order valence-electron chi connectivity index (χ4n) is 4.15. The van der Waals surface area contributed by atoms with Gasteiger partial charge in [0.15, 0.2) is 0 Å². The molecule has 0 spiro atoms. The van der Waals surface area contributed by atoms with Gasteiger partial charge in [-0.15, -0.1) is 0 Å². The molecule has 0 atom stereocenters. The molecule has 3 rings (SSSR count). The number of halogens is 1. The number of amides is 1. The number of nitrogen functional groups attached to an aromatic ring is 1. The van der Waals surface area contributed by atoms with Gasteiger partial charge in [0.1, 0.15) is 17.4 Å². The van der Waals surface area contributed by atoms with Gasteiger partial charge in [-0.25, -0.2) is 9.29 Å². The quantitative estimate of drug-likeness (QED) is 0.207. The van der Waals surface area contributed by atoms with Gasteiger partial charge >= 0.3 is 0 Å². The Balaban J connectivity index is 1.85. The highest BCUT2D eigenvalue weighted by Crippen LogP contribution is 2.33. The van der Waals surface area contributed by atoms with Gasteiger partial charge in [-0.1, -0.05) is 50.9 Å². The summed E-state index contributed by atoms with van der Waals surface area (Å²) in [6.07, 6.45) is 0. The third-order valence-corrected chi connectivity index (χ3v) is 6.97. The van der Waals surface area contributed by atoms with Crippen molar-refractivity contribution < 1.29 is 4.79 Å². The molecule has 190 valence electrons. The number of nitrogens with zero attached hydrogens (tertiary/aromatic N) is 4. The second-order valence-electron chi connectivity index (χ2n) is 10.1. The van der Waals surface area contributed by atoms with Gasteiger partial charge in [-0.2, -0.15) is 0 Å². The summed E-state index contributed by atoms with van der Waals surface area (Å²) >= 11 is 7.98. The van der Waals surface area contributed by atoms with Crippen LogP contribution in [0.1, 0.15) is 73.8 Å². The van der Waals surface area contributed by atoms with Crippen molar-refractivity contribution in [3.05, 3.63) is 57.5 Å². The number of amidine groups is 1. The van der Waals surface area contributed by atoms with E-state index in [2.05, 4.69) is 46.9 Å². The van der Waals surface area contributed by atoms with Crippen molar-refractivity contribution in [2.24, 2.45) is 10.7 Å². The Morgan fingerprint density at radius 1 is 1.40 bits per heavy atom. The van der Waals surface area contributed by atoms with Crippen LogP contribution in [0, 0.1) is 6.92 Å². The molecule has 0 aliphatic carbocycles. The minimum atomic E-state index is -0.172. The van der Waals surface area contributed by atoms with Crippen LogP contribution in [0.2, 0.25) is 5.02 Å². The SMILES string of the molecule is C=CSN1CC(NC(=O)c2c(C)nc(CN=C(N)c3cc(C(C)(C)C)c(Cl)cc3N)n2C(C)C)C1. The summed E-state index contributed by atoms with van der Waals surface area (Å²) in [5.41, 5.74) is 15.7. The van der Waals surface area contributed by atoms with E-state index in [1.807, 2.05) is 31.4 Å². The molecule has 8 nitrogen and oxygen atoms in total. The maximum absolute atomic E-state index is 13.1. The van der Waals surface area contributed by atoms with Gasteiger partial charge in [-0.05, 0) is 49.3 Å². The van der Waals surface area contributed by atoms with E-state index in [-0.39, 0.29) is 30.0 Å². The summed E-state index contributed by atoms with van der Waals surface area (Å²) < 4.78 is 4.07. The number of nitrogens with two attached hydrogens (primary N) is 2. The van der Waals surface area contributed by atoms with Gasteiger partial charge < -0.3 is 21.4 Å². The van der Waals surface area contributed by atoms with E-state index in [0.29, 0.717) is 39.3 Å². The normalized spacial score (nSPS) is 15.4. The Labute approximate surface area is 217 Å². The van der Waals surface area contributed by atoms with Crippen LogP contribution in [0.3, 0.4) is 0 Å². The van der Waals surface area contributed by atoms with Crippen LogP contribution in [0.5, 0.6) is 0 Å². The fourth-order valence-corrected chi connectivity index (χ4v) is 5.34. The minimum Gasteiger partial charge on any atom is -0.398 e. The molecule has 1 aromatic carbocycles. The molecule has 0 radical (unpaired) electrons. The van der Waals surface area contributed by atoms with E-state index in [1.165, 1.54) is 0 Å². The van der Waals surface area contributed by atoms with E-state index < -0.39 is 0 Å². The van der Waals surface area contributed by atoms with E-state index in [1.54, 1.807) is 23.4 Å². The molecule has 1 fully saturated rings. The number of anilines is 1. The lowest BCUT2D eigenvalue weighted by Crippen LogP contribution is -2.56. The first-order valence-electron chi connectivity index (χ1n) is 11.6. The van der Waals surface area contributed by atoms with E-state index in [9.17, 15) is 4.79 Å². The predicted molar refractivity (Wildman–Crippen MR) is 147 cm³/mol. The van der Waals surface area contributed by atoms with Crippen molar-refractivity contribution >= 4 is 41.0 Å². The van der Waals surface area contributed by atoms with E-state index in [4.69, 9.17) is 23.1 Å². The van der Waals surface area contributed by atoms with Gasteiger partial charge in [0.05, 0.1) is 18.3 Å². The minimum absolute atomic E-state index is 0.0191. The van der Waals surface area contributed by atoms with E-state index in [0.717, 1.165) is 18.7 Å². The number of aryl methyl sites for hydroxylation is 1. The number of nitrogens with one attached hydrogen (secondary N) is 1. The Hall–Kier alpha value is -2.49. The van der Waals surface area contributed by atoms with Crippen molar-refractivity contribution in [3.63, 3.8) is 0 Å². The number of aliphatic imine (C=N–C) groups is 1. The average molecular weight is 518 g/mol. The first kappa shape index (κ1) is 27.1. The molecule has 0 saturated carbocycles. The Morgan fingerprint density at radius 3 is 2.63 bits per heavy atom. The van der Waals surface area contributed by atoms with Crippen LogP contribution in [-0.4, -0.2) is 44.7 Å². The largest absolute Gasteiger partial charge is 0.398 e. The Kier molecular flexibility index (Phi) is 8.24. The number of hydrogen-bond donors (Lipinski definition) is 3. The zero-order chi connectivity index (χ0) is 26.1. The van der Waals surface area contributed by atoms with Gasteiger partial charge in [-0.3, -0.25) is 9.79 Å². The number of carbonyl (C=O) groups excluding carboxylic acids is 1. The lowest BCUT2D eigenvalue weighted by atomic mass is 9.85. The van der Waals surface area contributed by atoms with Crippen LogP contribution in [-0.2, 0) is 12.0 Å². The first-order valence-corrected chi connectivity index (χ1v) is 12.9. The van der Waals surface area contributed by atoms with Crippen molar-refractivity contribution in [3.8, 4) is 0 Å². The van der Waals surface area contributed by atoms with Crippen LogP contribution in [0.4, 0.5) is 5.69 Å². The van der Waals surface area contributed by atoms with Crippen LogP contribution >= 0.6 is 23.5 Å². The van der Waals surface area contributed by atoms with Gasteiger partial charge in [0.25, 0.3) is 5.91 Å². The summed E-state index contributed by atoms with van der Waals surface area (Å²) in [6.45, 7) is 17.6. The molecular weight excluding hydrogens is 482 g/mol.